The minimum atomic E-state index is -0.258. The SMILES string of the molecule is CC1=CC=CC2N=C(C)C(=CO)C(=O)N12. The highest BCUT2D eigenvalue weighted by molar-refractivity contribution is 6.22. The lowest BCUT2D eigenvalue weighted by molar-refractivity contribution is -0.126. The zero-order valence-electron chi connectivity index (χ0n) is 8.64. The van der Waals surface area contributed by atoms with Gasteiger partial charge in [0.05, 0.1) is 17.5 Å². The number of fused-ring (bicyclic) bond motifs is 1. The van der Waals surface area contributed by atoms with Gasteiger partial charge in [0.25, 0.3) is 5.91 Å². The molecule has 0 radical (unpaired) electrons. The molecule has 2 aliphatic heterocycles. The fraction of sp³-hybridized carbons (Fsp3) is 0.273. The average molecular weight is 204 g/mol. The van der Waals surface area contributed by atoms with Gasteiger partial charge in [-0.1, -0.05) is 6.08 Å². The van der Waals surface area contributed by atoms with Crippen LogP contribution in [0.15, 0.2) is 40.8 Å². The van der Waals surface area contributed by atoms with Gasteiger partial charge in [-0.25, -0.2) is 0 Å². The van der Waals surface area contributed by atoms with E-state index >= 15 is 0 Å². The van der Waals surface area contributed by atoms with Crippen LogP contribution in [-0.4, -0.2) is 27.8 Å². The van der Waals surface area contributed by atoms with Crippen LogP contribution in [0.1, 0.15) is 13.8 Å². The number of hydrogen-bond donors (Lipinski definition) is 1. The fourth-order valence-electron chi connectivity index (χ4n) is 1.75. The zero-order valence-corrected chi connectivity index (χ0v) is 8.64. The third-order valence-corrected chi connectivity index (χ3v) is 2.56. The molecule has 4 nitrogen and oxygen atoms in total. The van der Waals surface area contributed by atoms with Crippen LogP contribution < -0.4 is 0 Å². The van der Waals surface area contributed by atoms with Crippen molar-refractivity contribution in [3.63, 3.8) is 0 Å². The van der Waals surface area contributed by atoms with E-state index in [1.807, 2.05) is 25.2 Å². The summed E-state index contributed by atoms with van der Waals surface area (Å²) in [7, 11) is 0. The van der Waals surface area contributed by atoms with Crippen LogP contribution in [-0.2, 0) is 4.79 Å². The first-order valence-corrected chi connectivity index (χ1v) is 4.73. The van der Waals surface area contributed by atoms with Crippen molar-refractivity contribution in [2.24, 2.45) is 4.99 Å². The highest BCUT2D eigenvalue weighted by Crippen LogP contribution is 2.24. The number of aliphatic hydroxyl groups excluding tert-OH is 1. The summed E-state index contributed by atoms with van der Waals surface area (Å²) >= 11 is 0. The van der Waals surface area contributed by atoms with Gasteiger partial charge >= 0.3 is 0 Å². The van der Waals surface area contributed by atoms with Crippen molar-refractivity contribution < 1.29 is 9.90 Å². The van der Waals surface area contributed by atoms with E-state index in [1.165, 1.54) is 0 Å². The second kappa shape index (κ2) is 3.38. The van der Waals surface area contributed by atoms with Gasteiger partial charge in [-0.05, 0) is 26.0 Å². The van der Waals surface area contributed by atoms with E-state index in [2.05, 4.69) is 4.99 Å². The summed E-state index contributed by atoms with van der Waals surface area (Å²) in [6.07, 6.45) is 6.14. The lowest BCUT2D eigenvalue weighted by Crippen LogP contribution is -2.44. The number of amides is 1. The fourth-order valence-corrected chi connectivity index (χ4v) is 1.75. The standard InChI is InChI=1S/C11H12N2O2/c1-7-4-3-5-10-12-8(2)9(6-14)11(15)13(7)10/h3-6,10,14H,1-2H3. The first-order valence-electron chi connectivity index (χ1n) is 4.73. The summed E-state index contributed by atoms with van der Waals surface area (Å²) in [4.78, 5) is 17.8. The van der Waals surface area contributed by atoms with Crippen molar-refractivity contribution >= 4 is 11.6 Å². The smallest absolute Gasteiger partial charge is 0.264 e. The Morgan fingerprint density at radius 3 is 2.93 bits per heavy atom. The van der Waals surface area contributed by atoms with Crippen LogP contribution in [0.3, 0.4) is 0 Å². The highest BCUT2D eigenvalue weighted by Gasteiger charge is 2.32. The van der Waals surface area contributed by atoms with E-state index in [0.29, 0.717) is 5.71 Å². The molecule has 1 N–H and O–H groups in total. The summed E-state index contributed by atoms with van der Waals surface area (Å²) < 4.78 is 0. The quantitative estimate of drug-likeness (QED) is 0.480. The lowest BCUT2D eigenvalue weighted by atomic mass is 10.1. The number of allylic oxidation sites excluding steroid dienone is 3. The molecule has 1 unspecified atom stereocenters. The molecule has 0 aromatic carbocycles. The predicted octanol–water partition coefficient (Wildman–Crippen LogP) is 1.53. The minimum absolute atomic E-state index is 0.201. The number of carbonyl (C=O) groups excluding carboxylic acids is 1. The molecular formula is C11H12N2O2. The molecule has 0 spiro atoms. The van der Waals surface area contributed by atoms with Gasteiger partial charge in [-0.15, -0.1) is 0 Å². The zero-order chi connectivity index (χ0) is 11.0. The average Bonchev–Trinajstić information content (AvgIpc) is 2.17. The number of hydrogen-bond acceptors (Lipinski definition) is 3. The molecule has 0 aromatic heterocycles. The molecule has 0 aromatic rings. The molecule has 1 amide bonds. The van der Waals surface area contributed by atoms with Crippen LogP contribution in [0.25, 0.3) is 0 Å². The third kappa shape index (κ3) is 1.38. The maximum absolute atomic E-state index is 12.0. The number of carbonyl (C=O) groups is 1. The molecule has 0 fully saturated rings. The summed E-state index contributed by atoms with van der Waals surface area (Å²) in [5.74, 6) is -0.201. The van der Waals surface area contributed by atoms with E-state index in [9.17, 15) is 4.79 Å². The molecule has 0 saturated heterocycles. The minimum Gasteiger partial charge on any atom is -0.515 e. The van der Waals surface area contributed by atoms with Gasteiger partial charge in [-0.2, -0.15) is 0 Å². The van der Waals surface area contributed by atoms with Gasteiger partial charge in [0.15, 0.2) is 0 Å². The van der Waals surface area contributed by atoms with Crippen molar-refractivity contribution in [2.45, 2.75) is 20.0 Å². The summed E-state index contributed by atoms with van der Waals surface area (Å²) in [6.45, 7) is 3.57. The Bertz CT molecular complexity index is 430. The predicted molar refractivity (Wildman–Crippen MR) is 57.4 cm³/mol. The van der Waals surface area contributed by atoms with Crippen molar-refractivity contribution in [1.29, 1.82) is 0 Å². The number of rotatable bonds is 0. The molecule has 2 aliphatic rings. The number of aliphatic hydroxyl groups is 1. The van der Waals surface area contributed by atoms with E-state index in [4.69, 9.17) is 5.11 Å². The van der Waals surface area contributed by atoms with Gasteiger partial charge in [0, 0.05) is 5.70 Å². The Labute approximate surface area is 87.9 Å². The Balaban J connectivity index is 2.50. The van der Waals surface area contributed by atoms with Crippen LogP contribution in [0, 0.1) is 0 Å². The maximum Gasteiger partial charge on any atom is 0.264 e. The normalized spacial score (nSPS) is 27.6. The Morgan fingerprint density at radius 2 is 2.27 bits per heavy atom. The largest absolute Gasteiger partial charge is 0.515 e. The molecule has 1 atom stereocenters. The molecule has 0 aliphatic carbocycles. The van der Waals surface area contributed by atoms with E-state index < -0.39 is 0 Å². The number of aliphatic imine (C=N–C) groups is 1. The van der Waals surface area contributed by atoms with Crippen molar-refractivity contribution in [2.75, 3.05) is 0 Å². The lowest BCUT2D eigenvalue weighted by Gasteiger charge is -2.34. The monoisotopic (exact) mass is 204 g/mol. The van der Waals surface area contributed by atoms with Crippen LogP contribution >= 0.6 is 0 Å². The second-order valence-electron chi connectivity index (χ2n) is 3.54. The molecule has 4 heteroatoms. The molecule has 2 heterocycles. The summed E-state index contributed by atoms with van der Waals surface area (Å²) in [5.41, 5.74) is 1.67. The second-order valence-corrected chi connectivity index (χ2v) is 3.54. The van der Waals surface area contributed by atoms with E-state index in [0.717, 1.165) is 12.0 Å². The van der Waals surface area contributed by atoms with Gasteiger partial charge in [0.1, 0.15) is 6.17 Å². The van der Waals surface area contributed by atoms with Gasteiger partial charge in [0.2, 0.25) is 0 Å². The molecule has 0 bridgehead atoms. The molecule has 0 saturated carbocycles. The van der Waals surface area contributed by atoms with Crippen molar-refractivity contribution in [1.82, 2.24) is 4.90 Å². The molecule has 2 rings (SSSR count). The number of nitrogens with zero attached hydrogens (tertiary/aromatic N) is 2. The van der Waals surface area contributed by atoms with E-state index in [1.54, 1.807) is 11.8 Å². The first kappa shape index (κ1) is 9.71. The Kier molecular flexibility index (Phi) is 2.19. The van der Waals surface area contributed by atoms with Gasteiger partial charge < -0.3 is 5.11 Å². The first-order chi connectivity index (χ1) is 7.15. The van der Waals surface area contributed by atoms with Crippen LogP contribution in [0.2, 0.25) is 0 Å². The van der Waals surface area contributed by atoms with Gasteiger partial charge in [-0.3, -0.25) is 14.7 Å². The topological polar surface area (TPSA) is 52.9 Å². The van der Waals surface area contributed by atoms with E-state index in [-0.39, 0.29) is 17.6 Å². The van der Waals surface area contributed by atoms with Crippen molar-refractivity contribution in [3.05, 3.63) is 35.8 Å². The molecule has 15 heavy (non-hydrogen) atoms. The van der Waals surface area contributed by atoms with Crippen LogP contribution in [0.4, 0.5) is 0 Å². The third-order valence-electron chi connectivity index (χ3n) is 2.56. The highest BCUT2D eigenvalue weighted by atomic mass is 16.2. The van der Waals surface area contributed by atoms with Crippen molar-refractivity contribution in [3.8, 4) is 0 Å². The Morgan fingerprint density at radius 1 is 1.53 bits per heavy atom. The summed E-state index contributed by atoms with van der Waals surface area (Å²) in [6, 6.07) is 0. The summed E-state index contributed by atoms with van der Waals surface area (Å²) in [5, 5.41) is 8.98. The van der Waals surface area contributed by atoms with Crippen LogP contribution in [0.5, 0.6) is 0 Å². The Hall–Kier alpha value is -1.84. The maximum atomic E-state index is 12.0. The molecule has 78 valence electrons. The molecular weight excluding hydrogens is 192 g/mol.